The molecule has 1 N–H and O–H groups in total. The van der Waals surface area contributed by atoms with Crippen LogP contribution in [0.2, 0.25) is 5.02 Å². The van der Waals surface area contributed by atoms with E-state index in [1.165, 1.54) is 25.7 Å². The van der Waals surface area contributed by atoms with Crippen LogP contribution in [0.25, 0.3) is 0 Å². The van der Waals surface area contributed by atoms with E-state index < -0.39 is 0 Å². The number of rotatable bonds is 8. The summed E-state index contributed by atoms with van der Waals surface area (Å²) in [6.45, 7) is 7.15. The summed E-state index contributed by atoms with van der Waals surface area (Å²) in [4.78, 5) is 0. The van der Waals surface area contributed by atoms with Crippen LogP contribution in [0, 0.1) is 17.8 Å². The summed E-state index contributed by atoms with van der Waals surface area (Å²) >= 11 is 6.45. The fourth-order valence-electron chi connectivity index (χ4n) is 3.31. The predicted molar refractivity (Wildman–Crippen MR) is 82.9 cm³/mol. The molecule has 2 aliphatic rings. The molecule has 2 saturated carbocycles. The lowest BCUT2D eigenvalue weighted by Crippen LogP contribution is -2.26. The quantitative estimate of drug-likeness (QED) is 0.793. The fraction of sp³-hybridized carbons (Fsp3) is 0.812. The van der Waals surface area contributed by atoms with Gasteiger partial charge < -0.3 is 5.32 Å². The number of hydrogen-bond acceptors (Lipinski definition) is 2. The van der Waals surface area contributed by atoms with Gasteiger partial charge in [0.15, 0.2) is 0 Å². The molecule has 2 fully saturated rings. The first-order valence-corrected chi connectivity index (χ1v) is 8.57. The number of aromatic nitrogens is 2. The molecule has 0 unspecified atom stereocenters. The maximum atomic E-state index is 6.45. The standard InChI is InChI=1S/C16H26ClN3/c1-3-14-16(17)15(20(4-2)19-14)10-18-9-13(11-5-6-11)12-7-8-12/h11-13,18H,3-10H2,1-2H3. The topological polar surface area (TPSA) is 29.9 Å². The SMILES string of the molecule is CCc1nn(CC)c(CNCC(C2CC2)C2CC2)c1Cl. The first-order valence-electron chi connectivity index (χ1n) is 8.19. The Kier molecular flexibility index (Phi) is 4.37. The van der Waals surface area contributed by atoms with Gasteiger partial charge in [0.1, 0.15) is 0 Å². The third kappa shape index (κ3) is 3.04. The molecule has 112 valence electrons. The number of nitrogens with one attached hydrogen (secondary N) is 1. The molecule has 3 nitrogen and oxygen atoms in total. The van der Waals surface area contributed by atoms with Gasteiger partial charge >= 0.3 is 0 Å². The molecule has 20 heavy (non-hydrogen) atoms. The van der Waals surface area contributed by atoms with Crippen LogP contribution in [-0.4, -0.2) is 16.3 Å². The van der Waals surface area contributed by atoms with Gasteiger partial charge in [-0.3, -0.25) is 4.68 Å². The summed E-state index contributed by atoms with van der Waals surface area (Å²) in [5.41, 5.74) is 2.20. The van der Waals surface area contributed by atoms with Crippen LogP contribution in [0.5, 0.6) is 0 Å². The second-order valence-corrected chi connectivity index (χ2v) is 6.72. The van der Waals surface area contributed by atoms with E-state index in [1.807, 2.05) is 0 Å². The number of halogens is 1. The third-order valence-electron chi connectivity index (χ3n) is 4.82. The molecule has 0 aliphatic heterocycles. The lowest BCUT2D eigenvalue weighted by molar-refractivity contribution is 0.375. The summed E-state index contributed by atoms with van der Waals surface area (Å²) in [7, 11) is 0. The van der Waals surface area contributed by atoms with Crippen molar-refractivity contribution in [2.24, 2.45) is 17.8 Å². The molecule has 4 heteroatoms. The summed E-state index contributed by atoms with van der Waals surface area (Å²) < 4.78 is 2.05. The average molecular weight is 296 g/mol. The molecule has 0 saturated heterocycles. The van der Waals surface area contributed by atoms with E-state index in [0.29, 0.717) is 0 Å². The summed E-state index contributed by atoms with van der Waals surface area (Å²) in [6, 6.07) is 0. The Morgan fingerprint density at radius 1 is 1.25 bits per heavy atom. The van der Waals surface area contributed by atoms with E-state index >= 15 is 0 Å². The fourth-order valence-corrected chi connectivity index (χ4v) is 3.65. The molecule has 0 amide bonds. The Morgan fingerprint density at radius 3 is 2.40 bits per heavy atom. The molecule has 1 heterocycles. The Balaban J connectivity index is 1.58. The molecule has 0 spiro atoms. The average Bonchev–Trinajstić information content (AvgIpc) is 3.35. The zero-order valence-corrected chi connectivity index (χ0v) is 13.4. The smallest absolute Gasteiger partial charge is 0.0863 e. The van der Waals surface area contributed by atoms with Crippen molar-refractivity contribution >= 4 is 11.6 Å². The highest BCUT2D eigenvalue weighted by molar-refractivity contribution is 6.31. The van der Waals surface area contributed by atoms with E-state index in [4.69, 9.17) is 11.6 Å². The molecule has 1 aromatic heterocycles. The van der Waals surface area contributed by atoms with Crippen molar-refractivity contribution in [3.63, 3.8) is 0 Å². The Morgan fingerprint density at radius 2 is 1.90 bits per heavy atom. The minimum Gasteiger partial charge on any atom is -0.311 e. The van der Waals surface area contributed by atoms with Gasteiger partial charge in [0.2, 0.25) is 0 Å². The molecular formula is C16H26ClN3. The van der Waals surface area contributed by atoms with E-state index in [-0.39, 0.29) is 0 Å². The van der Waals surface area contributed by atoms with Gasteiger partial charge in [0.05, 0.1) is 16.4 Å². The van der Waals surface area contributed by atoms with E-state index in [1.54, 1.807) is 0 Å². The summed E-state index contributed by atoms with van der Waals surface area (Å²) in [6.07, 6.45) is 6.73. The summed E-state index contributed by atoms with van der Waals surface area (Å²) in [5, 5.41) is 9.11. The molecule has 1 aromatic rings. The first kappa shape index (κ1) is 14.4. The number of aryl methyl sites for hydroxylation is 2. The molecule has 3 rings (SSSR count). The van der Waals surface area contributed by atoms with Gasteiger partial charge in [-0.15, -0.1) is 0 Å². The number of nitrogens with zero attached hydrogens (tertiary/aromatic N) is 2. The van der Waals surface area contributed by atoms with Crippen LogP contribution in [-0.2, 0) is 19.5 Å². The van der Waals surface area contributed by atoms with Crippen LogP contribution in [0.3, 0.4) is 0 Å². The zero-order valence-electron chi connectivity index (χ0n) is 12.7. The Labute approximate surface area is 127 Å². The first-order chi connectivity index (χ1) is 9.74. The second kappa shape index (κ2) is 6.07. The zero-order chi connectivity index (χ0) is 14.1. The Hall–Kier alpha value is -0.540. The van der Waals surface area contributed by atoms with Crippen LogP contribution >= 0.6 is 11.6 Å². The third-order valence-corrected chi connectivity index (χ3v) is 5.26. The lowest BCUT2D eigenvalue weighted by Gasteiger charge is -2.16. The van der Waals surface area contributed by atoms with E-state index in [9.17, 15) is 0 Å². The second-order valence-electron chi connectivity index (χ2n) is 6.35. The maximum Gasteiger partial charge on any atom is 0.0863 e. The maximum absolute atomic E-state index is 6.45. The minimum atomic E-state index is 0.857. The predicted octanol–water partition coefficient (Wildman–Crippen LogP) is 3.64. The van der Waals surface area contributed by atoms with Crippen molar-refractivity contribution in [2.45, 2.75) is 59.0 Å². The van der Waals surface area contributed by atoms with Gasteiger partial charge in [-0.2, -0.15) is 5.10 Å². The highest BCUT2D eigenvalue weighted by Gasteiger charge is 2.40. The van der Waals surface area contributed by atoms with Crippen molar-refractivity contribution in [1.29, 1.82) is 0 Å². The highest BCUT2D eigenvalue weighted by Crippen LogP contribution is 2.48. The van der Waals surface area contributed by atoms with E-state index in [2.05, 4.69) is 28.9 Å². The molecule has 2 aliphatic carbocycles. The van der Waals surface area contributed by atoms with Crippen molar-refractivity contribution in [3.05, 3.63) is 16.4 Å². The van der Waals surface area contributed by atoms with Gasteiger partial charge in [-0.25, -0.2) is 0 Å². The van der Waals surface area contributed by atoms with Crippen molar-refractivity contribution < 1.29 is 0 Å². The minimum absolute atomic E-state index is 0.857. The highest BCUT2D eigenvalue weighted by atomic mass is 35.5. The van der Waals surface area contributed by atoms with Crippen LogP contribution in [0.15, 0.2) is 0 Å². The van der Waals surface area contributed by atoms with Gasteiger partial charge in [-0.05, 0) is 63.3 Å². The van der Waals surface area contributed by atoms with Crippen LogP contribution < -0.4 is 5.32 Å². The normalized spacial score (nSPS) is 19.0. The van der Waals surface area contributed by atoms with Gasteiger partial charge in [0, 0.05) is 13.1 Å². The van der Waals surface area contributed by atoms with Crippen molar-refractivity contribution in [3.8, 4) is 0 Å². The monoisotopic (exact) mass is 295 g/mol. The largest absolute Gasteiger partial charge is 0.311 e. The molecule has 0 radical (unpaired) electrons. The van der Waals surface area contributed by atoms with Crippen LogP contribution in [0.4, 0.5) is 0 Å². The molecule has 0 aromatic carbocycles. The molecule has 0 atom stereocenters. The lowest BCUT2D eigenvalue weighted by atomic mass is 9.98. The van der Waals surface area contributed by atoms with E-state index in [0.717, 1.165) is 60.2 Å². The summed E-state index contributed by atoms with van der Waals surface area (Å²) in [5.74, 6) is 2.93. The number of hydrogen-bond donors (Lipinski definition) is 1. The van der Waals surface area contributed by atoms with Crippen molar-refractivity contribution in [2.75, 3.05) is 6.54 Å². The Bertz CT molecular complexity index is 449. The molecular weight excluding hydrogens is 270 g/mol. The molecule has 0 bridgehead atoms. The van der Waals surface area contributed by atoms with Gasteiger partial charge in [-0.1, -0.05) is 18.5 Å². The van der Waals surface area contributed by atoms with Crippen LogP contribution in [0.1, 0.15) is 50.9 Å². The van der Waals surface area contributed by atoms with Gasteiger partial charge in [0.25, 0.3) is 0 Å². The van der Waals surface area contributed by atoms with Crippen molar-refractivity contribution in [1.82, 2.24) is 15.1 Å².